The molecule has 2 rings (SSSR count). The standard InChI is InChI=1S/C11H19NO3/c1-11(2,3)15-10(14)12-6-7-4-5-8(12)9(7)13/h7-9,13H,4-6H2,1-3H3/t7-,8+,9-/m1/s1. The van der Waals surface area contributed by atoms with Crippen LogP contribution < -0.4 is 0 Å². The minimum atomic E-state index is -0.454. The molecule has 0 aromatic heterocycles. The first-order valence-electron chi connectivity index (χ1n) is 5.56. The molecule has 2 aliphatic rings. The summed E-state index contributed by atoms with van der Waals surface area (Å²) >= 11 is 0. The van der Waals surface area contributed by atoms with Crippen LogP contribution >= 0.6 is 0 Å². The first-order chi connectivity index (χ1) is 6.88. The minimum absolute atomic E-state index is 0.00940. The highest BCUT2D eigenvalue weighted by molar-refractivity contribution is 5.69. The van der Waals surface area contributed by atoms with Gasteiger partial charge in [0.2, 0.25) is 0 Å². The number of hydrogen-bond donors (Lipinski definition) is 1. The van der Waals surface area contributed by atoms with E-state index in [1.165, 1.54) is 0 Å². The van der Waals surface area contributed by atoms with Crippen LogP contribution in [0.1, 0.15) is 33.6 Å². The highest BCUT2D eigenvalue weighted by atomic mass is 16.6. The van der Waals surface area contributed by atoms with Crippen molar-refractivity contribution in [1.29, 1.82) is 0 Å². The molecule has 1 aliphatic carbocycles. The summed E-state index contributed by atoms with van der Waals surface area (Å²) in [5.41, 5.74) is -0.454. The van der Waals surface area contributed by atoms with Gasteiger partial charge in [0.05, 0.1) is 12.1 Å². The van der Waals surface area contributed by atoms with E-state index in [2.05, 4.69) is 0 Å². The van der Waals surface area contributed by atoms with E-state index in [9.17, 15) is 9.90 Å². The number of fused-ring (bicyclic) bond motifs is 2. The van der Waals surface area contributed by atoms with Crippen LogP contribution in [0.5, 0.6) is 0 Å². The zero-order valence-corrected chi connectivity index (χ0v) is 9.56. The average molecular weight is 213 g/mol. The molecule has 0 spiro atoms. The van der Waals surface area contributed by atoms with E-state index < -0.39 is 5.60 Å². The second-order valence-corrected chi connectivity index (χ2v) is 5.53. The van der Waals surface area contributed by atoms with Gasteiger partial charge in [-0.1, -0.05) is 0 Å². The molecule has 0 unspecified atom stereocenters. The Kier molecular flexibility index (Phi) is 2.41. The third-order valence-corrected chi connectivity index (χ3v) is 3.17. The Morgan fingerprint density at radius 2 is 2.07 bits per heavy atom. The lowest BCUT2D eigenvalue weighted by Gasteiger charge is -2.29. The Bertz CT molecular complexity index is 271. The number of piperidine rings is 1. The zero-order valence-electron chi connectivity index (χ0n) is 9.56. The number of aliphatic hydroxyl groups excluding tert-OH is 1. The molecule has 1 amide bonds. The lowest BCUT2D eigenvalue weighted by atomic mass is 10.1. The second-order valence-electron chi connectivity index (χ2n) is 5.53. The number of likely N-dealkylation sites (tertiary alicyclic amines) is 1. The molecule has 2 bridgehead atoms. The van der Waals surface area contributed by atoms with Crippen LogP contribution in [0.4, 0.5) is 4.79 Å². The van der Waals surface area contributed by atoms with Crippen LogP contribution in [0.15, 0.2) is 0 Å². The zero-order chi connectivity index (χ0) is 11.2. The average Bonchev–Trinajstić information content (AvgIpc) is 2.59. The van der Waals surface area contributed by atoms with Gasteiger partial charge in [-0.3, -0.25) is 0 Å². The largest absolute Gasteiger partial charge is 0.444 e. The number of aliphatic hydroxyl groups is 1. The first kappa shape index (κ1) is 10.7. The predicted octanol–water partition coefficient (Wildman–Crippen LogP) is 1.38. The maximum atomic E-state index is 11.8. The SMILES string of the molecule is CC(C)(C)OC(=O)N1C[C@H]2CC[C@H]1[C@@H]2O. The Morgan fingerprint density at radius 1 is 1.40 bits per heavy atom. The Balaban J connectivity index is 1.99. The van der Waals surface area contributed by atoms with Crippen LogP contribution in [-0.4, -0.2) is 40.4 Å². The van der Waals surface area contributed by atoms with Crippen LogP contribution in [0.25, 0.3) is 0 Å². The van der Waals surface area contributed by atoms with Crippen molar-refractivity contribution in [2.24, 2.45) is 5.92 Å². The highest BCUT2D eigenvalue weighted by Gasteiger charge is 2.48. The second kappa shape index (κ2) is 3.37. The molecule has 4 heteroatoms. The molecule has 0 aromatic rings. The van der Waals surface area contributed by atoms with E-state index >= 15 is 0 Å². The topological polar surface area (TPSA) is 49.8 Å². The van der Waals surface area contributed by atoms with Gasteiger partial charge in [0.15, 0.2) is 0 Å². The smallest absolute Gasteiger partial charge is 0.410 e. The van der Waals surface area contributed by atoms with Crippen molar-refractivity contribution in [1.82, 2.24) is 4.90 Å². The minimum Gasteiger partial charge on any atom is -0.444 e. The van der Waals surface area contributed by atoms with Crippen molar-refractivity contribution in [2.45, 2.75) is 51.4 Å². The maximum absolute atomic E-state index is 11.8. The van der Waals surface area contributed by atoms with Gasteiger partial charge in [0.1, 0.15) is 5.60 Å². The number of carbonyl (C=O) groups is 1. The molecule has 3 atom stereocenters. The van der Waals surface area contributed by atoms with Gasteiger partial charge in [0.25, 0.3) is 0 Å². The summed E-state index contributed by atoms with van der Waals surface area (Å²) in [4.78, 5) is 13.5. The molecule has 0 radical (unpaired) electrons. The molecule has 0 aromatic carbocycles. The summed E-state index contributed by atoms with van der Waals surface area (Å²) in [6.45, 7) is 6.22. The number of nitrogens with zero attached hydrogens (tertiary/aromatic N) is 1. The molecule has 1 aliphatic heterocycles. The molecule has 1 N–H and O–H groups in total. The molecule has 2 fully saturated rings. The fourth-order valence-electron chi connectivity index (χ4n) is 2.50. The van der Waals surface area contributed by atoms with Gasteiger partial charge < -0.3 is 14.7 Å². The quantitative estimate of drug-likeness (QED) is 0.661. The molecule has 86 valence electrons. The molecular weight excluding hydrogens is 194 g/mol. The molecule has 1 saturated carbocycles. The number of ether oxygens (including phenoxy) is 1. The van der Waals surface area contributed by atoms with E-state index in [1.54, 1.807) is 4.90 Å². The van der Waals surface area contributed by atoms with Gasteiger partial charge in [-0.25, -0.2) is 4.79 Å². The van der Waals surface area contributed by atoms with Crippen molar-refractivity contribution in [3.63, 3.8) is 0 Å². The van der Waals surface area contributed by atoms with Crippen molar-refractivity contribution in [3.05, 3.63) is 0 Å². The summed E-state index contributed by atoms with van der Waals surface area (Å²) in [5.74, 6) is 0.266. The summed E-state index contributed by atoms with van der Waals surface area (Å²) in [5, 5.41) is 9.80. The lowest BCUT2D eigenvalue weighted by Crippen LogP contribution is -2.42. The number of rotatable bonds is 0. The monoisotopic (exact) mass is 213 g/mol. The number of amides is 1. The van der Waals surface area contributed by atoms with E-state index in [-0.39, 0.29) is 24.2 Å². The van der Waals surface area contributed by atoms with Crippen LogP contribution in [0.3, 0.4) is 0 Å². The maximum Gasteiger partial charge on any atom is 0.410 e. The molecule has 1 saturated heterocycles. The van der Waals surface area contributed by atoms with Gasteiger partial charge in [-0.2, -0.15) is 0 Å². The molecule has 4 nitrogen and oxygen atoms in total. The summed E-state index contributed by atoms with van der Waals surface area (Å²) in [6.07, 6.45) is 1.32. The number of hydrogen-bond acceptors (Lipinski definition) is 3. The predicted molar refractivity (Wildman–Crippen MR) is 55.5 cm³/mol. The summed E-state index contributed by atoms with van der Waals surface area (Å²) in [7, 11) is 0. The lowest BCUT2D eigenvalue weighted by molar-refractivity contribution is 0.0151. The van der Waals surface area contributed by atoms with Crippen molar-refractivity contribution in [2.75, 3.05) is 6.54 Å². The van der Waals surface area contributed by atoms with E-state index in [0.29, 0.717) is 6.54 Å². The van der Waals surface area contributed by atoms with E-state index in [0.717, 1.165) is 12.8 Å². The molecule has 1 heterocycles. The third-order valence-electron chi connectivity index (χ3n) is 3.17. The highest BCUT2D eigenvalue weighted by Crippen LogP contribution is 2.38. The summed E-state index contributed by atoms with van der Waals surface area (Å²) in [6, 6.07) is -0.00940. The fourth-order valence-corrected chi connectivity index (χ4v) is 2.50. The van der Waals surface area contributed by atoms with Gasteiger partial charge in [0, 0.05) is 12.5 Å². The van der Waals surface area contributed by atoms with Gasteiger partial charge in [-0.05, 0) is 33.6 Å². The molecular formula is C11H19NO3. The van der Waals surface area contributed by atoms with Gasteiger partial charge in [-0.15, -0.1) is 0 Å². The van der Waals surface area contributed by atoms with E-state index in [1.807, 2.05) is 20.8 Å². The van der Waals surface area contributed by atoms with Crippen LogP contribution in [0, 0.1) is 5.92 Å². The third kappa shape index (κ3) is 1.95. The Labute approximate surface area is 90.2 Å². The number of carbonyl (C=O) groups excluding carboxylic acids is 1. The fraction of sp³-hybridized carbons (Fsp3) is 0.909. The molecule has 15 heavy (non-hydrogen) atoms. The van der Waals surface area contributed by atoms with E-state index in [4.69, 9.17) is 4.74 Å². The van der Waals surface area contributed by atoms with Crippen molar-refractivity contribution >= 4 is 6.09 Å². The first-order valence-corrected chi connectivity index (χ1v) is 5.56. The Morgan fingerprint density at radius 3 is 2.47 bits per heavy atom. The summed E-state index contributed by atoms with van der Waals surface area (Å²) < 4.78 is 5.30. The van der Waals surface area contributed by atoms with Crippen molar-refractivity contribution in [3.8, 4) is 0 Å². The van der Waals surface area contributed by atoms with Crippen LogP contribution in [0.2, 0.25) is 0 Å². The van der Waals surface area contributed by atoms with Gasteiger partial charge >= 0.3 is 6.09 Å². The van der Waals surface area contributed by atoms with Crippen LogP contribution in [-0.2, 0) is 4.74 Å². The Hall–Kier alpha value is -0.770. The van der Waals surface area contributed by atoms with Crippen molar-refractivity contribution < 1.29 is 14.6 Å². The normalized spacial score (nSPS) is 34.7.